The van der Waals surface area contributed by atoms with Crippen LogP contribution in [0.2, 0.25) is 0 Å². The van der Waals surface area contributed by atoms with Gasteiger partial charge in [0.05, 0.1) is 0 Å². The Bertz CT molecular complexity index is 328. The van der Waals surface area contributed by atoms with Crippen molar-refractivity contribution in [3.63, 3.8) is 0 Å². The monoisotopic (exact) mass is 203 g/mol. The van der Waals surface area contributed by atoms with E-state index in [1.165, 1.54) is 0 Å². The molecule has 62 valence electrons. The SMILES string of the molecule is O=C1OP([ClH+])Oc2ccccc21. The summed E-state index contributed by atoms with van der Waals surface area (Å²) >= 11 is 4.74. The molecule has 0 fully saturated rings. The number of fused-ring (bicyclic) bond motifs is 1. The van der Waals surface area contributed by atoms with Crippen molar-refractivity contribution in [1.82, 2.24) is 0 Å². The van der Waals surface area contributed by atoms with Crippen LogP contribution in [0.1, 0.15) is 10.4 Å². The van der Waals surface area contributed by atoms with Crippen LogP contribution in [0, 0.1) is 11.2 Å². The van der Waals surface area contributed by atoms with E-state index in [1.54, 1.807) is 24.3 Å². The fourth-order valence-corrected chi connectivity index (χ4v) is 1.97. The largest absolute Gasteiger partial charge is 0.636 e. The third-order valence-electron chi connectivity index (χ3n) is 1.44. The highest BCUT2D eigenvalue weighted by Gasteiger charge is 2.34. The molecule has 0 radical (unpaired) electrons. The van der Waals surface area contributed by atoms with E-state index in [9.17, 15) is 4.79 Å². The first-order chi connectivity index (χ1) is 5.77. The molecule has 1 aromatic rings. The quantitative estimate of drug-likeness (QED) is 0.603. The van der Waals surface area contributed by atoms with Gasteiger partial charge in [0, 0.05) is 0 Å². The summed E-state index contributed by atoms with van der Waals surface area (Å²) in [5.74, 6) is 0.132. The van der Waals surface area contributed by atoms with E-state index < -0.39 is 13.7 Å². The summed E-state index contributed by atoms with van der Waals surface area (Å²) in [4.78, 5) is 11.1. The Morgan fingerprint density at radius 1 is 1.25 bits per heavy atom. The van der Waals surface area contributed by atoms with Gasteiger partial charge in [0.1, 0.15) is 11.3 Å². The third kappa shape index (κ3) is 1.26. The van der Waals surface area contributed by atoms with E-state index in [0.717, 1.165) is 0 Å². The molecule has 1 aliphatic rings. The topological polar surface area (TPSA) is 35.5 Å². The predicted molar refractivity (Wildman–Crippen MR) is 40.8 cm³/mol. The molecule has 0 bridgehead atoms. The molecular weight excluding hydrogens is 199 g/mol. The van der Waals surface area contributed by atoms with Crippen LogP contribution in [-0.2, 0) is 4.52 Å². The summed E-state index contributed by atoms with van der Waals surface area (Å²) in [7, 11) is -1.48. The lowest BCUT2D eigenvalue weighted by atomic mass is 10.2. The number of hydrogen-bond acceptors (Lipinski definition) is 3. The summed E-state index contributed by atoms with van der Waals surface area (Å²) < 4.78 is 9.87. The highest BCUT2D eigenvalue weighted by atomic mass is 35.7. The Morgan fingerprint density at radius 3 is 2.83 bits per heavy atom. The third-order valence-corrected chi connectivity index (χ3v) is 2.55. The Labute approximate surface area is 74.9 Å². The zero-order chi connectivity index (χ0) is 8.55. The molecule has 1 atom stereocenters. The molecule has 1 unspecified atom stereocenters. The van der Waals surface area contributed by atoms with Gasteiger partial charge in [-0.1, -0.05) is 12.1 Å². The standard InChI is InChI=1S/C7H5ClO3P/c8-12-10-6-4-2-1-3-5(6)7(9)11-12/h1-4,8H/q+1. The number of hydrogen-bond donors (Lipinski definition) is 0. The predicted octanol–water partition coefficient (Wildman–Crippen LogP) is 1.74. The number of para-hydroxylation sites is 1. The van der Waals surface area contributed by atoms with Crippen LogP contribution in [0.4, 0.5) is 0 Å². The first-order valence-electron chi connectivity index (χ1n) is 3.24. The van der Waals surface area contributed by atoms with Crippen molar-refractivity contribution in [1.29, 1.82) is 0 Å². The van der Waals surface area contributed by atoms with Gasteiger partial charge in [0.15, 0.2) is 0 Å². The summed E-state index contributed by atoms with van der Waals surface area (Å²) in [5.41, 5.74) is 0.445. The van der Waals surface area contributed by atoms with E-state index in [0.29, 0.717) is 11.3 Å². The molecule has 0 aromatic heterocycles. The molecule has 0 N–H and O–H groups in total. The van der Waals surface area contributed by atoms with Crippen LogP contribution in [0.3, 0.4) is 0 Å². The molecule has 12 heavy (non-hydrogen) atoms. The second-order valence-electron chi connectivity index (χ2n) is 2.19. The Kier molecular flexibility index (Phi) is 1.91. The minimum absolute atomic E-state index is 0.391. The van der Waals surface area contributed by atoms with Gasteiger partial charge in [-0.3, -0.25) is 0 Å². The number of rotatable bonds is 0. The number of benzene rings is 1. The molecule has 3 nitrogen and oxygen atoms in total. The van der Waals surface area contributed by atoms with Crippen molar-refractivity contribution in [2.24, 2.45) is 0 Å². The zero-order valence-corrected chi connectivity index (χ0v) is 7.60. The fraction of sp³-hybridized carbons (Fsp3) is 0. The minimum Gasteiger partial charge on any atom is -0.392 e. The van der Waals surface area contributed by atoms with Crippen molar-refractivity contribution in [2.75, 3.05) is 0 Å². The van der Waals surface area contributed by atoms with Gasteiger partial charge < -0.3 is 9.05 Å². The van der Waals surface area contributed by atoms with Crippen molar-refractivity contribution in [3.05, 3.63) is 29.8 Å². The van der Waals surface area contributed by atoms with E-state index in [1.807, 2.05) is 0 Å². The van der Waals surface area contributed by atoms with Gasteiger partial charge in [-0.05, 0) is 12.1 Å². The Morgan fingerprint density at radius 2 is 2.00 bits per heavy atom. The van der Waals surface area contributed by atoms with Crippen molar-refractivity contribution in [3.8, 4) is 5.75 Å². The highest BCUT2D eigenvalue weighted by Crippen LogP contribution is 2.43. The minimum atomic E-state index is -1.48. The van der Waals surface area contributed by atoms with Crippen LogP contribution in [0.15, 0.2) is 24.3 Å². The molecule has 2 rings (SSSR count). The maximum atomic E-state index is 11.1. The Hall–Kier alpha value is -0.790. The van der Waals surface area contributed by atoms with E-state index >= 15 is 0 Å². The van der Waals surface area contributed by atoms with Crippen LogP contribution >= 0.6 is 7.73 Å². The number of carbonyl (C=O) groups excluding carboxylic acids is 1. The molecule has 0 saturated carbocycles. The smallest absolute Gasteiger partial charge is 0.392 e. The maximum absolute atomic E-state index is 11.1. The van der Waals surface area contributed by atoms with Crippen LogP contribution in [-0.4, -0.2) is 5.97 Å². The first-order valence-corrected chi connectivity index (χ1v) is 5.43. The van der Waals surface area contributed by atoms with Gasteiger partial charge in [0.2, 0.25) is 11.2 Å². The zero-order valence-electron chi connectivity index (χ0n) is 5.89. The summed E-state index contributed by atoms with van der Waals surface area (Å²) in [6.07, 6.45) is 0. The van der Waals surface area contributed by atoms with E-state index in [-0.39, 0.29) is 0 Å². The molecule has 0 spiro atoms. The van der Waals surface area contributed by atoms with Crippen molar-refractivity contribution < 1.29 is 25.1 Å². The average molecular weight is 204 g/mol. The second kappa shape index (κ2) is 2.92. The lowest BCUT2D eigenvalue weighted by Gasteiger charge is -2.13. The van der Waals surface area contributed by atoms with Crippen LogP contribution in [0.5, 0.6) is 5.75 Å². The second-order valence-corrected chi connectivity index (χ2v) is 3.90. The summed E-state index contributed by atoms with van der Waals surface area (Å²) in [6.45, 7) is 0. The van der Waals surface area contributed by atoms with Gasteiger partial charge >= 0.3 is 13.7 Å². The lowest BCUT2D eigenvalue weighted by Crippen LogP contribution is -2.10. The number of halogens is 1. The average Bonchev–Trinajstić information content (AvgIpc) is 2.04. The maximum Gasteiger partial charge on any atom is 0.636 e. The van der Waals surface area contributed by atoms with E-state index in [2.05, 4.69) is 0 Å². The Balaban J connectivity index is 2.47. The molecule has 1 heterocycles. The van der Waals surface area contributed by atoms with Crippen LogP contribution in [0.25, 0.3) is 0 Å². The molecule has 1 aromatic carbocycles. The first kappa shape index (κ1) is 7.84. The molecule has 5 heteroatoms. The molecular formula is C7H5ClO3P+. The lowest BCUT2D eigenvalue weighted by molar-refractivity contribution is -0.192. The van der Waals surface area contributed by atoms with Crippen LogP contribution < -0.4 is 4.52 Å². The summed E-state index contributed by atoms with van der Waals surface area (Å²) in [6, 6.07) is 6.89. The number of carbonyl (C=O) groups is 1. The highest BCUT2D eigenvalue weighted by molar-refractivity contribution is 7.40. The fourth-order valence-electron chi connectivity index (χ4n) is 0.931. The molecule has 0 aliphatic carbocycles. The molecule has 0 amide bonds. The van der Waals surface area contributed by atoms with Gasteiger partial charge in [-0.25, -0.2) is 4.79 Å². The van der Waals surface area contributed by atoms with Gasteiger partial charge in [0.25, 0.3) is 0 Å². The van der Waals surface area contributed by atoms with Gasteiger partial charge in [-0.2, -0.15) is 0 Å². The van der Waals surface area contributed by atoms with Crippen molar-refractivity contribution in [2.45, 2.75) is 0 Å². The van der Waals surface area contributed by atoms with E-state index in [4.69, 9.17) is 20.3 Å². The summed E-state index contributed by atoms with van der Waals surface area (Å²) in [5, 5.41) is 0. The normalized spacial score (nSPS) is 20.8. The molecule has 0 saturated heterocycles. The molecule has 1 aliphatic heterocycles. The van der Waals surface area contributed by atoms with Gasteiger partial charge in [-0.15, -0.1) is 0 Å². The van der Waals surface area contributed by atoms with Crippen molar-refractivity contribution >= 4 is 13.7 Å².